The molecule has 0 amide bonds. The Balaban J connectivity index is 1.56. The number of rotatable bonds is 8. The Kier molecular flexibility index (Phi) is 8.19. The number of fused-ring (bicyclic) bond motifs is 1. The summed E-state index contributed by atoms with van der Waals surface area (Å²) in [6, 6.07) is 11.5. The first-order chi connectivity index (χ1) is 19.7. The molecule has 4 aromatic rings. The van der Waals surface area contributed by atoms with E-state index < -0.39 is 5.60 Å². The van der Waals surface area contributed by atoms with Crippen LogP contribution in [0.1, 0.15) is 47.0 Å². The second-order valence-corrected chi connectivity index (χ2v) is 11.0. The van der Waals surface area contributed by atoms with E-state index in [4.69, 9.17) is 32.9 Å². The molecule has 1 aromatic carbocycles. The number of aliphatic hydroxyl groups is 1. The molecule has 0 saturated carbocycles. The van der Waals surface area contributed by atoms with Gasteiger partial charge in [0.05, 0.1) is 29.4 Å². The van der Waals surface area contributed by atoms with Gasteiger partial charge in [0.15, 0.2) is 5.60 Å². The smallest absolute Gasteiger partial charge is 0.219 e. The third-order valence-corrected chi connectivity index (χ3v) is 8.38. The number of halogens is 1. The molecule has 1 atom stereocenters. The fraction of sp³-hybridized carbons (Fsp3) is 0.367. The summed E-state index contributed by atoms with van der Waals surface area (Å²) in [6.45, 7) is 6.14. The number of nitrogens with two attached hydrogens (primary N) is 2. The number of likely N-dealkylation sites (tertiary alicyclic amines) is 1. The monoisotopic (exact) mass is 576 g/mol. The lowest BCUT2D eigenvalue weighted by Gasteiger charge is -2.36. The molecule has 1 aliphatic heterocycles. The van der Waals surface area contributed by atoms with E-state index in [-0.39, 0.29) is 0 Å². The van der Waals surface area contributed by atoms with Crippen LogP contribution in [0.5, 0.6) is 5.88 Å². The van der Waals surface area contributed by atoms with E-state index in [2.05, 4.69) is 15.0 Å². The normalized spacial score (nSPS) is 16.6. The largest absolute Gasteiger partial charge is 0.481 e. The number of ether oxygens (including phenoxy) is 1. The molecular formula is C30H37ClN8O2. The molecule has 0 aliphatic carbocycles. The molecule has 10 nitrogen and oxygen atoms in total. The lowest BCUT2D eigenvalue weighted by Crippen LogP contribution is -2.42. The Morgan fingerprint density at radius 2 is 1.98 bits per heavy atom. The maximum Gasteiger partial charge on any atom is 0.219 e. The van der Waals surface area contributed by atoms with Gasteiger partial charge in [0, 0.05) is 73.2 Å². The number of piperidine rings is 1. The molecule has 4 heterocycles. The zero-order valence-corrected chi connectivity index (χ0v) is 24.6. The van der Waals surface area contributed by atoms with Gasteiger partial charge in [0.25, 0.3) is 0 Å². The van der Waals surface area contributed by atoms with Gasteiger partial charge in [-0.05, 0) is 56.5 Å². The Hall–Kier alpha value is -3.70. The molecule has 5 N–H and O–H groups in total. The molecule has 1 fully saturated rings. The van der Waals surface area contributed by atoms with Crippen molar-refractivity contribution in [3.63, 3.8) is 0 Å². The number of hydrogen-bond acceptors (Lipinski definition) is 9. The van der Waals surface area contributed by atoms with Crippen molar-refractivity contribution in [1.82, 2.24) is 29.7 Å². The summed E-state index contributed by atoms with van der Waals surface area (Å²) in [7, 11) is 3.24. The standard InChI is InChI=1S/C30H37ClN8O2/c1-19-6-8-25(20(2)35-19)30(40,27(17-32)37(3)33)21-7-9-26-23(16-21)28(31)24(29(36-26)41-4)18-38-14-10-22(11-15-38)39-13-5-12-34-39/h5-9,12-13,16-17,22,40H,10-11,14-15,18,32-33H2,1-4H3/b27-17-. The van der Waals surface area contributed by atoms with E-state index >= 15 is 0 Å². The van der Waals surface area contributed by atoms with Crippen LogP contribution in [0.3, 0.4) is 0 Å². The molecular weight excluding hydrogens is 540 g/mol. The Morgan fingerprint density at radius 3 is 2.59 bits per heavy atom. The van der Waals surface area contributed by atoms with E-state index in [1.54, 1.807) is 20.2 Å². The summed E-state index contributed by atoms with van der Waals surface area (Å²) in [5.41, 5.74) is 8.68. The van der Waals surface area contributed by atoms with E-state index in [0.29, 0.717) is 56.9 Å². The predicted octanol–water partition coefficient (Wildman–Crippen LogP) is 3.78. The van der Waals surface area contributed by atoms with Crippen molar-refractivity contribution in [2.45, 2.75) is 44.9 Å². The number of nitrogens with zero attached hydrogens (tertiary/aromatic N) is 6. The van der Waals surface area contributed by atoms with E-state index in [1.165, 1.54) is 11.2 Å². The number of pyridine rings is 2. The van der Waals surface area contributed by atoms with Crippen LogP contribution < -0.4 is 16.3 Å². The summed E-state index contributed by atoms with van der Waals surface area (Å²) >= 11 is 7.12. The summed E-state index contributed by atoms with van der Waals surface area (Å²) in [4.78, 5) is 11.7. The number of aryl methyl sites for hydroxylation is 2. The second kappa shape index (κ2) is 11.7. The van der Waals surface area contributed by atoms with Gasteiger partial charge < -0.3 is 20.6 Å². The number of aromatic nitrogens is 4. The number of hydrogen-bond donors (Lipinski definition) is 3. The second-order valence-electron chi connectivity index (χ2n) is 10.6. The minimum Gasteiger partial charge on any atom is -0.481 e. The van der Waals surface area contributed by atoms with Gasteiger partial charge in [-0.2, -0.15) is 5.10 Å². The number of likely N-dealkylation sites (N-methyl/N-ethyl adjacent to an activating group) is 1. The first kappa shape index (κ1) is 28.8. The maximum absolute atomic E-state index is 12.4. The van der Waals surface area contributed by atoms with Gasteiger partial charge in [0.1, 0.15) is 0 Å². The third-order valence-electron chi connectivity index (χ3n) is 7.95. The highest BCUT2D eigenvalue weighted by Gasteiger charge is 2.40. The van der Waals surface area contributed by atoms with Crippen LogP contribution in [-0.2, 0) is 12.1 Å². The lowest BCUT2D eigenvalue weighted by atomic mass is 9.81. The predicted molar refractivity (Wildman–Crippen MR) is 160 cm³/mol. The number of methoxy groups -OCH3 is 1. The average molecular weight is 577 g/mol. The van der Waals surface area contributed by atoms with Crippen molar-refractivity contribution in [2.75, 3.05) is 27.2 Å². The average Bonchev–Trinajstić information content (AvgIpc) is 3.50. The third kappa shape index (κ3) is 5.36. The zero-order chi connectivity index (χ0) is 29.3. The molecule has 1 saturated heterocycles. The molecule has 1 aliphatic rings. The summed E-state index contributed by atoms with van der Waals surface area (Å²) in [6.07, 6.45) is 7.14. The Morgan fingerprint density at radius 1 is 1.22 bits per heavy atom. The number of benzene rings is 1. The summed E-state index contributed by atoms with van der Waals surface area (Å²) in [5, 5.41) is 19.4. The van der Waals surface area contributed by atoms with Crippen molar-refractivity contribution >= 4 is 22.5 Å². The Bertz CT molecular complexity index is 1560. The molecule has 0 bridgehead atoms. The van der Waals surface area contributed by atoms with Crippen LogP contribution in [0.15, 0.2) is 60.7 Å². The molecule has 0 spiro atoms. The van der Waals surface area contributed by atoms with Crippen molar-refractivity contribution in [1.29, 1.82) is 0 Å². The molecule has 41 heavy (non-hydrogen) atoms. The van der Waals surface area contributed by atoms with Gasteiger partial charge in [-0.15, -0.1) is 0 Å². The van der Waals surface area contributed by atoms with E-state index in [0.717, 1.165) is 37.2 Å². The van der Waals surface area contributed by atoms with Gasteiger partial charge in [0.2, 0.25) is 5.88 Å². The fourth-order valence-corrected chi connectivity index (χ4v) is 6.13. The van der Waals surface area contributed by atoms with Crippen LogP contribution in [0, 0.1) is 13.8 Å². The van der Waals surface area contributed by atoms with Crippen LogP contribution >= 0.6 is 11.6 Å². The minimum absolute atomic E-state index is 0.295. The minimum atomic E-state index is -1.70. The molecule has 3 aromatic heterocycles. The van der Waals surface area contributed by atoms with Crippen molar-refractivity contribution < 1.29 is 9.84 Å². The van der Waals surface area contributed by atoms with Crippen LogP contribution in [0.4, 0.5) is 0 Å². The summed E-state index contributed by atoms with van der Waals surface area (Å²) in [5.74, 6) is 6.66. The maximum atomic E-state index is 12.4. The topological polar surface area (TPSA) is 132 Å². The summed E-state index contributed by atoms with van der Waals surface area (Å²) < 4.78 is 7.73. The van der Waals surface area contributed by atoms with Crippen LogP contribution in [0.2, 0.25) is 5.02 Å². The van der Waals surface area contributed by atoms with Gasteiger partial charge >= 0.3 is 0 Å². The van der Waals surface area contributed by atoms with Gasteiger partial charge in [-0.1, -0.05) is 23.7 Å². The van der Waals surface area contributed by atoms with Crippen LogP contribution in [-0.4, -0.2) is 62.0 Å². The van der Waals surface area contributed by atoms with Crippen molar-refractivity contribution in [3.05, 3.63) is 93.8 Å². The molecule has 1 unspecified atom stereocenters. The van der Waals surface area contributed by atoms with E-state index in [9.17, 15) is 5.11 Å². The zero-order valence-electron chi connectivity index (χ0n) is 23.9. The van der Waals surface area contributed by atoms with Gasteiger partial charge in [-0.25, -0.2) is 10.8 Å². The lowest BCUT2D eigenvalue weighted by molar-refractivity contribution is 0.0870. The first-order valence-electron chi connectivity index (χ1n) is 13.6. The number of hydrazine groups is 1. The SMILES string of the molecule is COc1nc2ccc(C(O)(/C(=C/N)N(C)N)c3ccc(C)nc3C)cc2c(Cl)c1CN1CCC(n2cccn2)CC1. The van der Waals surface area contributed by atoms with Crippen LogP contribution in [0.25, 0.3) is 10.9 Å². The molecule has 216 valence electrons. The fourth-order valence-electron chi connectivity index (χ4n) is 5.84. The Labute approximate surface area is 245 Å². The van der Waals surface area contributed by atoms with Crippen molar-refractivity contribution in [2.24, 2.45) is 11.6 Å². The van der Waals surface area contributed by atoms with E-state index in [1.807, 2.05) is 61.3 Å². The molecule has 0 radical (unpaired) electrons. The highest BCUT2D eigenvalue weighted by Crippen LogP contribution is 2.41. The quantitative estimate of drug-likeness (QED) is 0.212. The van der Waals surface area contributed by atoms with Gasteiger partial charge in [-0.3, -0.25) is 14.6 Å². The molecule has 5 rings (SSSR count). The highest BCUT2D eigenvalue weighted by atomic mass is 35.5. The van der Waals surface area contributed by atoms with Crippen molar-refractivity contribution in [3.8, 4) is 5.88 Å². The molecule has 11 heteroatoms. The highest BCUT2D eigenvalue weighted by molar-refractivity contribution is 6.36. The first-order valence-corrected chi connectivity index (χ1v) is 14.0.